The molecule has 1 nitrogen and oxygen atoms in total. The lowest BCUT2D eigenvalue weighted by molar-refractivity contribution is 0.370. The van der Waals surface area contributed by atoms with Crippen LogP contribution in [0.5, 0.6) is 0 Å². The number of hydrogen-bond acceptors (Lipinski definition) is 1. The monoisotopic (exact) mass is 263 g/mol. The lowest BCUT2D eigenvalue weighted by Gasteiger charge is -2.29. The Morgan fingerprint density at radius 1 is 1.00 bits per heavy atom. The van der Waals surface area contributed by atoms with Crippen LogP contribution in [0.3, 0.4) is 0 Å². The third-order valence-electron chi connectivity index (χ3n) is 3.72. The molecule has 1 aromatic heterocycles. The molecule has 110 valence electrons. The minimum absolute atomic E-state index is 0.202. The maximum absolute atomic E-state index is 4.61. The van der Waals surface area contributed by atoms with E-state index in [9.17, 15) is 0 Å². The van der Waals surface area contributed by atoms with E-state index < -0.39 is 0 Å². The highest BCUT2D eigenvalue weighted by molar-refractivity contribution is 5.23. The quantitative estimate of drug-likeness (QED) is 0.688. The largest absolute Gasteiger partial charge is 0.261 e. The Bertz CT molecular complexity index is 352. The Kier molecular flexibility index (Phi) is 6.76. The summed E-state index contributed by atoms with van der Waals surface area (Å²) in [7, 11) is 0. The van der Waals surface area contributed by atoms with Crippen molar-refractivity contribution in [3.63, 3.8) is 0 Å². The second kappa shape index (κ2) is 7.07. The highest BCUT2D eigenvalue weighted by Gasteiger charge is 2.25. The third-order valence-corrected chi connectivity index (χ3v) is 3.72. The van der Waals surface area contributed by atoms with Gasteiger partial charge in [-0.15, -0.1) is 0 Å². The smallest absolute Gasteiger partial charge is 0.0409 e. The molecular formula is C18H33N. The first-order chi connectivity index (χ1) is 8.63. The summed E-state index contributed by atoms with van der Waals surface area (Å²) in [5.74, 6) is 0.623. The van der Waals surface area contributed by atoms with Crippen molar-refractivity contribution in [1.82, 2.24) is 4.98 Å². The summed E-state index contributed by atoms with van der Waals surface area (Å²) in [6.45, 7) is 19.9. The van der Waals surface area contributed by atoms with Crippen LogP contribution >= 0.6 is 0 Å². The average Bonchev–Trinajstić information content (AvgIpc) is 2.30. The first kappa shape index (κ1) is 18.1. The Morgan fingerprint density at radius 2 is 1.53 bits per heavy atom. The van der Waals surface area contributed by atoms with Crippen molar-refractivity contribution in [3.05, 3.63) is 29.6 Å². The molecule has 0 saturated carbocycles. The Morgan fingerprint density at radius 3 is 1.84 bits per heavy atom. The minimum atomic E-state index is 0.202. The fraction of sp³-hybridized carbons (Fsp3) is 0.722. The summed E-state index contributed by atoms with van der Waals surface area (Å²) in [4.78, 5) is 4.61. The zero-order chi connectivity index (χ0) is 15.3. The molecule has 0 aromatic carbocycles. The third kappa shape index (κ3) is 5.76. The van der Waals surface area contributed by atoms with Gasteiger partial charge in [-0.2, -0.15) is 0 Å². The number of aromatic nitrogens is 1. The van der Waals surface area contributed by atoms with Crippen LogP contribution in [0.15, 0.2) is 18.3 Å². The first-order valence-electron chi connectivity index (χ1n) is 7.58. The molecule has 0 saturated heterocycles. The summed E-state index contributed by atoms with van der Waals surface area (Å²) in [6.07, 6.45) is 3.09. The molecule has 1 aromatic rings. The highest BCUT2D eigenvalue weighted by Crippen LogP contribution is 2.31. The van der Waals surface area contributed by atoms with Crippen molar-refractivity contribution < 1.29 is 0 Å². The normalized spacial score (nSPS) is 12.1. The molecule has 0 radical (unpaired) electrons. The van der Waals surface area contributed by atoms with Crippen molar-refractivity contribution in [2.24, 2.45) is 11.3 Å². The van der Waals surface area contributed by atoms with Gasteiger partial charge in [-0.25, -0.2) is 0 Å². The molecule has 0 aliphatic heterocycles. The van der Waals surface area contributed by atoms with E-state index in [1.54, 1.807) is 0 Å². The number of hydrogen-bond donors (Lipinski definition) is 0. The second-order valence-electron chi connectivity index (χ2n) is 7.15. The van der Waals surface area contributed by atoms with E-state index in [1.807, 2.05) is 13.8 Å². The maximum atomic E-state index is 4.61. The zero-order valence-corrected chi connectivity index (χ0v) is 14.5. The van der Waals surface area contributed by atoms with Gasteiger partial charge in [-0.1, -0.05) is 68.4 Å². The standard InChI is InChI=1S/C16H27N.C2H6/c1-12(2)16(6,7)13-8-9-14(17-11-13)10-15(3,4)5;1-2/h8-9,11-12H,10H2,1-7H3;1-2H3. The van der Waals surface area contributed by atoms with E-state index in [-0.39, 0.29) is 5.41 Å². The molecule has 0 atom stereocenters. The van der Waals surface area contributed by atoms with Crippen LogP contribution in [0, 0.1) is 11.3 Å². The summed E-state index contributed by atoms with van der Waals surface area (Å²) >= 11 is 0. The second-order valence-corrected chi connectivity index (χ2v) is 7.15. The van der Waals surface area contributed by atoms with Gasteiger partial charge in [0.1, 0.15) is 0 Å². The molecule has 0 fully saturated rings. The van der Waals surface area contributed by atoms with Gasteiger partial charge in [0, 0.05) is 11.9 Å². The maximum Gasteiger partial charge on any atom is 0.0409 e. The fourth-order valence-corrected chi connectivity index (χ4v) is 1.79. The van der Waals surface area contributed by atoms with Gasteiger partial charge in [-0.3, -0.25) is 4.98 Å². The lowest BCUT2D eigenvalue weighted by atomic mass is 9.76. The number of nitrogens with zero attached hydrogens (tertiary/aromatic N) is 1. The minimum Gasteiger partial charge on any atom is -0.261 e. The van der Waals surface area contributed by atoms with E-state index >= 15 is 0 Å². The summed E-state index contributed by atoms with van der Waals surface area (Å²) in [5, 5.41) is 0. The van der Waals surface area contributed by atoms with Crippen molar-refractivity contribution in [3.8, 4) is 0 Å². The van der Waals surface area contributed by atoms with Gasteiger partial charge in [0.25, 0.3) is 0 Å². The molecule has 0 aliphatic rings. The fourth-order valence-electron chi connectivity index (χ4n) is 1.79. The molecule has 19 heavy (non-hydrogen) atoms. The van der Waals surface area contributed by atoms with Crippen LogP contribution in [0.25, 0.3) is 0 Å². The Balaban J connectivity index is 0.00000154. The van der Waals surface area contributed by atoms with Crippen LogP contribution < -0.4 is 0 Å². The molecule has 0 aliphatic carbocycles. The van der Waals surface area contributed by atoms with Gasteiger partial charge < -0.3 is 0 Å². The van der Waals surface area contributed by atoms with Crippen LogP contribution in [0.1, 0.15) is 73.6 Å². The molecule has 1 rings (SSSR count). The summed E-state index contributed by atoms with van der Waals surface area (Å²) < 4.78 is 0. The van der Waals surface area contributed by atoms with Crippen LogP contribution in [-0.2, 0) is 11.8 Å². The van der Waals surface area contributed by atoms with E-state index in [1.165, 1.54) is 11.3 Å². The van der Waals surface area contributed by atoms with Gasteiger partial charge in [0.15, 0.2) is 0 Å². The zero-order valence-electron chi connectivity index (χ0n) is 14.5. The van der Waals surface area contributed by atoms with Crippen molar-refractivity contribution in [2.45, 2.75) is 74.1 Å². The Hall–Kier alpha value is -0.850. The van der Waals surface area contributed by atoms with Gasteiger partial charge in [0.2, 0.25) is 0 Å². The molecule has 1 heterocycles. The number of pyridine rings is 1. The predicted molar refractivity (Wildman–Crippen MR) is 86.6 cm³/mol. The van der Waals surface area contributed by atoms with Crippen molar-refractivity contribution in [1.29, 1.82) is 0 Å². The number of rotatable bonds is 3. The van der Waals surface area contributed by atoms with Crippen LogP contribution in [-0.4, -0.2) is 4.98 Å². The van der Waals surface area contributed by atoms with Crippen molar-refractivity contribution in [2.75, 3.05) is 0 Å². The molecule has 1 heteroatoms. The van der Waals surface area contributed by atoms with E-state index in [0.29, 0.717) is 11.3 Å². The first-order valence-corrected chi connectivity index (χ1v) is 7.58. The Labute approximate surface area is 120 Å². The van der Waals surface area contributed by atoms with Gasteiger partial charge in [0.05, 0.1) is 0 Å². The topological polar surface area (TPSA) is 12.9 Å². The van der Waals surface area contributed by atoms with Gasteiger partial charge >= 0.3 is 0 Å². The van der Waals surface area contributed by atoms with E-state index in [4.69, 9.17) is 0 Å². The van der Waals surface area contributed by atoms with Crippen LogP contribution in [0.2, 0.25) is 0 Å². The molecule has 0 unspecified atom stereocenters. The predicted octanol–water partition coefficient (Wildman–Crippen LogP) is 5.63. The molecule has 0 amide bonds. The SMILES string of the molecule is CC.CC(C)C(C)(C)c1ccc(CC(C)(C)C)nc1. The summed E-state index contributed by atoms with van der Waals surface area (Å²) in [5.41, 5.74) is 3.04. The average molecular weight is 263 g/mol. The molecule has 0 bridgehead atoms. The summed E-state index contributed by atoms with van der Waals surface area (Å²) in [6, 6.07) is 4.43. The van der Waals surface area contributed by atoms with Crippen molar-refractivity contribution >= 4 is 0 Å². The highest BCUT2D eigenvalue weighted by atomic mass is 14.7. The molecule has 0 N–H and O–H groups in total. The van der Waals surface area contributed by atoms with Crippen LogP contribution in [0.4, 0.5) is 0 Å². The van der Waals surface area contributed by atoms with E-state index in [0.717, 1.165) is 6.42 Å². The van der Waals surface area contributed by atoms with E-state index in [2.05, 4.69) is 71.8 Å². The lowest BCUT2D eigenvalue weighted by Crippen LogP contribution is -2.24. The molecular weight excluding hydrogens is 230 g/mol. The van der Waals surface area contributed by atoms with Gasteiger partial charge in [-0.05, 0) is 34.8 Å². The molecule has 0 spiro atoms.